The van der Waals surface area contributed by atoms with Gasteiger partial charge >= 0.3 is 0 Å². The maximum Gasteiger partial charge on any atom is 0.128 e. The van der Waals surface area contributed by atoms with Crippen molar-refractivity contribution in [3.05, 3.63) is 23.0 Å². The monoisotopic (exact) mass is 264 g/mol. The molecule has 3 nitrogen and oxygen atoms in total. The lowest BCUT2D eigenvalue weighted by molar-refractivity contribution is 0.321. The van der Waals surface area contributed by atoms with Crippen LogP contribution >= 0.6 is 0 Å². The molecule has 0 saturated heterocycles. The SMILES string of the molecule is CCNCCC(C)(C)Cc1ncc(C)c(OC)c1C. The van der Waals surface area contributed by atoms with Gasteiger partial charge in [-0.2, -0.15) is 0 Å². The molecule has 0 spiro atoms. The van der Waals surface area contributed by atoms with E-state index in [-0.39, 0.29) is 5.41 Å². The fraction of sp³-hybridized carbons (Fsp3) is 0.688. The molecule has 0 amide bonds. The maximum atomic E-state index is 5.48. The summed E-state index contributed by atoms with van der Waals surface area (Å²) in [5.41, 5.74) is 3.69. The standard InChI is InChI=1S/C16H28N2O/c1-7-17-9-8-16(4,5)10-14-13(3)15(19-6)12(2)11-18-14/h11,17H,7-10H2,1-6H3. The van der Waals surface area contributed by atoms with E-state index in [4.69, 9.17) is 4.74 Å². The van der Waals surface area contributed by atoms with E-state index in [9.17, 15) is 0 Å². The van der Waals surface area contributed by atoms with E-state index in [0.29, 0.717) is 0 Å². The Labute approximate surface area is 117 Å². The summed E-state index contributed by atoms with van der Waals surface area (Å²) in [5, 5.41) is 3.39. The Balaban J connectivity index is 2.81. The quantitative estimate of drug-likeness (QED) is 0.767. The Kier molecular flexibility index (Phi) is 5.80. The predicted molar refractivity (Wildman–Crippen MR) is 80.9 cm³/mol. The second-order valence-electron chi connectivity index (χ2n) is 5.99. The molecule has 0 aliphatic rings. The predicted octanol–water partition coefficient (Wildman–Crippen LogP) is 3.28. The fourth-order valence-electron chi connectivity index (χ4n) is 2.39. The molecule has 0 unspecified atom stereocenters. The first-order chi connectivity index (χ1) is 8.91. The maximum absolute atomic E-state index is 5.48. The lowest BCUT2D eigenvalue weighted by Crippen LogP contribution is -2.24. The molecule has 0 radical (unpaired) electrons. The van der Waals surface area contributed by atoms with Crippen LogP contribution < -0.4 is 10.1 Å². The first kappa shape index (κ1) is 16.0. The number of aryl methyl sites for hydroxylation is 1. The molecule has 1 aromatic heterocycles. The van der Waals surface area contributed by atoms with Crippen molar-refractivity contribution in [3.8, 4) is 5.75 Å². The van der Waals surface area contributed by atoms with E-state index >= 15 is 0 Å². The number of rotatable bonds is 7. The molecule has 0 fully saturated rings. The number of pyridine rings is 1. The average molecular weight is 264 g/mol. The van der Waals surface area contributed by atoms with Crippen LogP contribution in [0.5, 0.6) is 5.75 Å². The zero-order chi connectivity index (χ0) is 14.5. The van der Waals surface area contributed by atoms with Gasteiger partial charge in [-0.05, 0) is 45.2 Å². The zero-order valence-electron chi connectivity index (χ0n) is 13.3. The number of aromatic nitrogens is 1. The normalized spacial score (nSPS) is 11.7. The molecular weight excluding hydrogens is 236 g/mol. The summed E-state index contributed by atoms with van der Waals surface area (Å²) >= 11 is 0. The Morgan fingerprint density at radius 2 is 2.00 bits per heavy atom. The van der Waals surface area contributed by atoms with Crippen LogP contribution in [0.25, 0.3) is 0 Å². The van der Waals surface area contributed by atoms with Crippen molar-refractivity contribution >= 4 is 0 Å². The Morgan fingerprint density at radius 1 is 1.32 bits per heavy atom. The minimum atomic E-state index is 0.250. The Morgan fingerprint density at radius 3 is 2.58 bits per heavy atom. The number of ether oxygens (including phenoxy) is 1. The van der Waals surface area contributed by atoms with Gasteiger partial charge in [-0.1, -0.05) is 20.8 Å². The topological polar surface area (TPSA) is 34.2 Å². The van der Waals surface area contributed by atoms with Gasteiger partial charge in [0, 0.05) is 23.0 Å². The van der Waals surface area contributed by atoms with Crippen molar-refractivity contribution in [2.45, 2.75) is 47.5 Å². The molecule has 1 rings (SSSR count). The van der Waals surface area contributed by atoms with Crippen molar-refractivity contribution in [1.82, 2.24) is 10.3 Å². The van der Waals surface area contributed by atoms with Crippen molar-refractivity contribution in [2.24, 2.45) is 5.41 Å². The highest BCUT2D eigenvalue weighted by atomic mass is 16.5. The summed E-state index contributed by atoms with van der Waals surface area (Å²) in [6.07, 6.45) is 4.06. The summed E-state index contributed by atoms with van der Waals surface area (Å²) < 4.78 is 5.48. The molecule has 1 heterocycles. The molecule has 108 valence electrons. The largest absolute Gasteiger partial charge is 0.496 e. The first-order valence-electron chi connectivity index (χ1n) is 7.11. The summed E-state index contributed by atoms with van der Waals surface area (Å²) in [6.45, 7) is 13.0. The Bertz CT molecular complexity index is 413. The highest BCUT2D eigenvalue weighted by Crippen LogP contribution is 2.30. The highest BCUT2D eigenvalue weighted by Gasteiger charge is 2.21. The highest BCUT2D eigenvalue weighted by molar-refractivity contribution is 5.41. The second-order valence-corrected chi connectivity index (χ2v) is 5.99. The van der Waals surface area contributed by atoms with Crippen LogP contribution in [0, 0.1) is 19.3 Å². The van der Waals surface area contributed by atoms with Crippen LogP contribution in [0.3, 0.4) is 0 Å². The molecule has 0 aliphatic carbocycles. The van der Waals surface area contributed by atoms with Gasteiger partial charge in [0.15, 0.2) is 0 Å². The third-order valence-electron chi connectivity index (χ3n) is 3.62. The van der Waals surface area contributed by atoms with Gasteiger partial charge in [-0.3, -0.25) is 4.98 Å². The van der Waals surface area contributed by atoms with Crippen LogP contribution in [-0.4, -0.2) is 25.2 Å². The van der Waals surface area contributed by atoms with Crippen molar-refractivity contribution in [2.75, 3.05) is 20.2 Å². The smallest absolute Gasteiger partial charge is 0.128 e. The molecule has 3 heteroatoms. The number of hydrogen-bond acceptors (Lipinski definition) is 3. The lowest BCUT2D eigenvalue weighted by atomic mass is 9.83. The van der Waals surface area contributed by atoms with Crippen LogP contribution in [0.1, 0.15) is 44.0 Å². The third-order valence-corrected chi connectivity index (χ3v) is 3.62. The minimum absolute atomic E-state index is 0.250. The van der Waals surface area contributed by atoms with Gasteiger partial charge in [0.1, 0.15) is 5.75 Å². The van der Waals surface area contributed by atoms with Crippen LogP contribution in [0.15, 0.2) is 6.20 Å². The van der Waals surface area contributed by atoms with E-state index in [1.54, 1.807) is 7.11 Å². The molecule has 1 aromatic rings. The average Bonchev–Trinajstić information content (AvgIpc) is 2.34. The fourth-order valence-corrected chi connectivity index (χ4v) is 2.39. The van der Waals surface area contributed by atoms with Gasteiger partial charge in [0.2, 0.25) is 0 Å². The van der Waals surface area contributed by atoms with Gasteiger partial charge < -0.3 is 10.1 Å². The van der Waals surface area contributed by atoms with E-state index in [1.165, 1.54) is 5.56 Å². The molecule has 1 N–H and O–H groups in total. The van der Waals surface area contributed by atoms with Crippen molar-refractivity contribution in [3.63, 3.8) is 0 Å². The van der Waals surface area contributed by atoms with Gasteiger partial charge in [0.05, 0.1) is 7.11 Å². The molecule has 0 aromatic carbocycles. The first-order valence-corrected chi connectivity index (χ1v) is 7.11. The van der Waals surface area contributed by atoms with Gasteiger partial charge in [0.25, 0.3) is 0 Å². The molecule has 0 saturated carbocycles. The van der Waals surface area contributed by atoms with Crippen molar-refractivity contribution < 1.29 is 4.74 Å². The van der Waals surface area contributed by atoms with E-state index in [2.05, 4.69) is 38.0 Å². The van der Waals surface area contributed by atoms with Crippen molar-refractivity contribution in [1.29, 1.82) is 0 Å². The Hall–Kier alpha value is -1.09. The summed E-state index contributed by atoms with van der Waals surface area (Å²) in [4.78, 5) is 4.60. The zero-order valence-corrected chi connectivity index (χ0v) is 13.3. The van der Waals surface area contributed by atoms with E-state index in [0.717, 1.165) is 42.9 Å². The van der Waals surface area contributed by atoms with Crippen LogP contribution in [-0.2, 0) is 6.42 Å². The third kappa shape index (κ3) is 4.50. The van der Waals surface area contributed by atoms with Crippen LogP contribution in [0.2, 0.25) is 0 Å². The molecule has 0 bridgehead atoms. The molecular formula is C16H28N2O. The number of methoxy groups -OCH3 is 1. The number of nitrogens with zero attached hydrogens (tertiary/aromatic N) is 1. The second kappa shape index (κ2) is 6.90. The lowest BCUT2D eigenvalue weighted by Gasteiger charge is -2.25. The number of hydrogen-bond donors (Lipinski definition) is 1. The minimum Gasteiger partial charge on any atom is -0.496 e. The van der Waals surface area contributed by atoms with Crippen LogP contribution in [0.4, 0.5) is 0 Å². The van der Waals surface area contributed by atoms with Gasteiger partial charge in [-0.15, -0.1) is 0 Å². The van der Waals surface area contributed by atoms with Gasteiger partial charge in [-0.25, -0.2) is 0 Å². The molecule has 19 heavy (non-hydrogen) atoms. The summed E-state index contributed by atoms with van der Waals surface area (Å²) in [6, 6.07) is 0. The summed E-state index contributed by atoms with van der Waals surface area (Å²) in [5.74, 6) is 0.979. The van der Waals surface area contributed by atoms with E-state index in [1.807, 2.05) is 13.1 Å². The summed E-state index contributed by atoms with van der Waals surface area (Å²) in [7, 11) is 1.73. The molecule has 0 aliphatic heterocycles. The molecule has 0 atom stereocenters. The number of nitrogens with one attached hydrogen (secondary N) is 1. The van der Waals surface area contributed by atoms with E-state index < -0.39 is 0 Å².